The van der Waals surface area contributed by atoms with Gasteiger partial charge < -0.3 is 4.74 Å². The van der Waals surface area contributed by atoms with E-state index in [4.69, 9.17) is 4.74 Å². The summed E-state index contributed by atoms with van der Waals surface area (Å²) in [6.07, 6.45) is 6.54. The van der Waals surface area contributed by atoms with Gasteiger partial charge in [-0.3, -0.25) is 4.99 Å². The number of allylic oxidation sites excluding steroid dienone is 2. The zero-order valence-electron chi connectivity index (χ0n) is 12.3. The van der Waals surface area contributed by atoms with Gasteiger partial charge in [0.15, 0.2) is 0 Å². The summed E-state index contributed by atoms with van der Waals surface area (Å²) in [7, 11) is 1.39. The van der Waals surface area contributed by atoms with Gasteiger partial charge in [-0.25, -0.2) is 4.79 Å². The molecular weight excluding hydrogens is 250 g/mol. The summed E-state index contributed by atoms with van der Waals surface area (Å²) < 4.78 is 4.78. The molecule has 0 radical (unpaired) electrons. The first-order valence-electron chi connectivity index (χ1n) is 7.00. The molecule has 0 saturated carbocycles. The summed E-state index contributed by atoms with van der Waals surface area (Å²) in [5.41, 5.74) is 2.65. The molecule has 0 aliphatic heterocycles. The minimum atomic E-state index is -0.342. The Kier molecular flexibility index (Phi) is 4.72. The maximum Gasteiger partial charge on any atom is 0.340 e. The van der Waals surface area contributed by atoms with Gasteiger partial charge in [0.1, 0.15) is 0 Å². The number of hydrogen-bond donors (Lipinski definition) is 0. The molecule has 0 bridgehead atoms. The van der Waals surface area contributed by atoms with Crippen molar-refractivity contribution in [3.8, 4) is 0 Å². The third kappa shape index (κ3) is 3.35. The van der Waals surface area contributed by atoms with E-state index in [9.17, 15) is 4.79 Å². The zero-order valence-corrected chi connectivity index (χ0v) is 12.3. The first-order chi connectivity index (χ1) is 9.61. The Labute approximate surface area is 120 Å². The summed E-state index contributed by atoms with van der Waals surface area (Å²) >= 11 is 0. The van der Waals surface area contributed by atoms with Crippen molar-refractivity contribution in [1.82, 2.24) is 0 Å². The van der Waals surface area contributed by atoms with Crippen molar-refractivity contribution in [3.05, 3.63) is 41.5 Å². The standard InChI is InChI=1S/C17H21NO2/c1-12-8-9-14(13(2)10-12)11-18-16-7-5-4-6-15(16)17(19)20-3/h4-7,10-11,13-14H,8-9H2,1-3H3/t13-,14-/m0/s1. The van der Waals surface area contributed by atoms with Crippen molar-refractivity contribution in [2.24, 2.45) is 16.8 Å². The monoisotopic (exact) mass is 271 g/mol. The first-order valence-corrected chi connectivity index (χ1v) is 7.00. The number of esters is 1. The number of para-hydroxylation sites is 1. The summed E-state index contributed by atoms with van der Waals surface area (Å²) in [6, 6.07) is 7.29. The highest BCUT2D eigenvalue weighted by atomic mass is 16.5. The van der Waals surface area contributed by atoms with E-state index < -0.39 is 0 Å². The molecular formula is C17H21NO2. The Hall–Kier alpha value is -1.90. The van der Waals surface area contributed by atoms with Gasteiger partial charge in [0.2, 0.25) is 0 Å². The topological polar surface area (TPSA) is 38.7 Å². The Bertz CT molecular complexity index is 546. The molecule has 1 aromatic rings. The lowest BCUT2D eigenvalue weighted by molar-refractivity contribution is 0.0601. The maximum atomic E-state index is 11.7. The smallest absolute Gasteiger partial charge is 0.340 e. The molecule has 2 rings (SSSR count). The molecule has 3 nitrogen and oxygen atoms in total. The average Bonchev–Trinajstić information content (AvgIpc) is 2.46. The van der Waals surface area contributed by atoms with E-state index in [2.05, 4.69) is 24.9 Å². The highest BCUT2D eigenvalue weighted by Crippen LogP contribution is 2.28. The summed E-state index contributed by atoms with van der Waals surface area (Å²) in [4.78, 5) is 16.2. The Balaban J connectivity index is 2.18. The second kappa shape index (κ2) is 6.51. The quantitative estimate of drug-likeness (QED) is 0.470. The van der Waals surface area contributed by atoms with Gasteiger partial charge in [0.05, 0.1) is 18.4 Å². The Morgan fingerprint density at radius 2 is 2.15 bits per heavy atom. The Morgan fingerprint density at radius 3 is 2.85 bits per heavy atom. The second-order valence-electron chi connectivity index (χ2n) is 5.36. The second-order valence-corrected chi connectivity index (χ2v) is 5.36. The highest BCUT2D eigenvalue weighted by molar-refractivity contribution is 5.95. The van der Waals surface area contributed by atoms with Gasteiger partial charge in [-0.15, -0.1) is 0 Å². The fraction of sp³-hybridized carbons (Fsp3) is 0.412. The normalized spacial score (nSPS) is 22.6. The lowest BCUT2D eigenvalue weighted by Gasteiger charge is -2.23. The predicted molar refractivity (Wildman–Crippen MR) is 81.6 cm³/mol. The molecule has 0 N–H and O–H groups in total. The number of carbonyl (C=O) groups is 1. The average molecular weight is 271 g/mol. The number of benzene rings is 1. The summed E-state index contributed by atoms with van der Waals surface area (Å²) in [5.74, 6) is 0.590. The largest absolute Gasteiger partial charge is 0.465 e. The van der Waals surface area contributed by atoms with Crippen LogP contribution in [0.25, 0.3) is 0 Å². The number of methoxy groups -OCH3 is 1. The molecule has 1 aliphatic carbocycles. The maximum absolute atomic E-state index is 11.7. The SMILES string of the molecule is COC(=O)c1ccccc1N=C[C@@H]1CCC(C)=C[C@@H]1C. The highest BCUT2D eigenvalue weighted by Gasteiger charge is 2.18. The summed E-state index contributed by atoms with van der Waals surface area (Å²) in [5, 5.41) is 0. The predicted octanol–water partition coefficient (Wildman–Crippen LogP) is 4.17. The number of nitrogens with zero attached hydrogens (tertiary/aromatic N) is 1. The fourth-order valence-electron chi connectivity index (χ4n) is 2.57. The number of aliphatic imine (C=N–C) groups is 1. The molecule has 106 valence electrons. The van der Waals surface area contributed by atoms with E-state index in [0.717, 1.165) is 12.8 Å². The van der Waals surface area contributed by atoms with E-state index in [1.165, 1.54) is 12.7 Å². The van der Waals surface area contributed by atoms with Crippen LogP contribution in [0.1, 0.15) is 37.0 Å². The Morgan fingerprint density at radius 1 is 1.40 bits per heavy atom. The summed E-state index contributed by atoms with van der Waals surface area (Å²) in [6.45, 7) is 4.39. The van der Waals surface area contributed by atoms with Crippen LogP contribution in [-0.2, 0) is 4.74 Å². The molecule has 3 heteroatoms. The van der Waals surface area contributed by atoms with E-state index in [0.29, 0.717) is 23.1 Å². The van der Waals surface area contributed by atoms with Crippen molar-refractivity contribution in [1.29, 1.82) is 0 Å². The van der Waals surface area contributed by atoms with Crippen LogP contribution in [0, 0.1) is 11.8 Å². The third-order valence-electron chi connectivity index (χ3n) is 3.81. The van der Waals surface area contributed by atoms with Gasteiger partial charge in [0.25, 0.3) is 0 Å². The van der Waals surface area contributed by atoms with Crippen molar-refractivity contribution >= 4 is 17.9 Å². The lowest BCUT2D eigenvalue weighted by Crippen LogP contribution is -2.15. The van der Waals surface area contributed by atoms with Crippen molar-refractivity contribution in [2.45, 2.75) is 26.7 Å². The van der Waals surface area contributed by atoms with Gasteiger partial charge in [0, 0.05) is 12.1 Å². The van der Waals surface area contributed by atoms with E-state index in [-0.39, 0.29) is 5.97 Å². The minimum Gasteiger partial charge on any atom is -0.465 e. The molecule has 1 aliphatic rings. The van der Waals surface area contributed by atoms with Crippen LogP contribution >= 0.6 is 0 Å². The van der Waals surface area contributed by atoms with Crippen LogP contribution in [-0.4, -0.2) is 19.3 Å². The van der Waals surface area contributed by atoms with Gasteiger partial charge >= 0.3 is 5.97 Å². The van der Waals surface area contributed by atoms with Gasteiger partial charge in [-0.2, -0.15) is 0 Å². The van der Waals surface area contributed by atoms with Crippen molar-refractivity contribution in [3.63, 3.8) is 0 Å². The fourth-order valence-corrected chi connectivity index (χ4v) is 2.57. The van der Waals surface area contributed by atoms with Crippen LogP contribution in [0.15, 0.2) is 40.9 Å². The first kappa shape index (κ1) is 14.5. The van der Waals surface area contributed by atoms with Gasteiger partial charge in [-0.1, -0.05) is 30.7 Å². The molecule has 0 unspecified atom stereocenters. The molecule has 2 atom stereocenters. The number of ether oxygens (including phenoxy) is 1. The molecule has 0 spiro atoms. The van der Waals surface area contributed by atoms with Crippen molar-refractivity contribution in [2.75, 3.05) is 7.11 Å². The number of carbonyl (C=O) groups excluding carboxylic acids is 1. The van der Waals surface area contributed by atoms with Gasteiger partial charge in [-0.05, 0) is 37.8 Å². The van der Waals surface area contributed by atoms with E-state index in [1.807, 2.05) is 24.4 Å². The molecule has 1 aromatic carbocycles. The number of rotatable bonds is 3. The van der Waals surface area contributed by atoms with Crippen LogP contribution in [0.4, 0.5) is 5.69 Å². The molecule has 0 saturated heterocycles. The molecule has 0 fully saturated rings. The minimum absolute atomic E-state index is 0.342. The molecule has 0 heterocycles. The van der Waals surface area contributed by atoms with E-state index >= 15 is 0 Å². The van der Waals surface area contributed by atoms with Crippen LogP contribution in [0.3, 0.4) is 0 Å². The van der Waals surface area contributed by atoms with E-state index in [1.54, 1.807) is 6.07 Å². The third-order valence-corrected chi connectivity index (χ3v) is 3.81. The lowest BCUT2D eigenvalue weighted by atomic mass is 9.83. The van der Waals surface area contributed by atoms with Crippen LogP contribution in [0.2, 0.25) is 0 Å². The molecule has 20 heavy (non-hydrogen) atoms. The molecule has 0 amide bonds. The number of hydrogen-bond acceptors (Lipinski definition) is 3. The zero-order chi connectivity index (χ0) is 14.5. The molecule has 0 aromatic heterocycles. The van der Waals surface area contributed by atoms with Crippen molar-refractivity contribution < 1.29 is 9.53 Å². The van der Waals surface area contributed by atoms with Crippen LogP contribution < -0.4 is 0 Å². The van der Waals surface area contributed by atoms with Crippen LogP contribution in [0.5, 0.6) is 0 Å².